The van der Waals surface area contributed by atoms with Crippen molar-refractivity contribution in [2.24, 2.45) is 22.7 Å². The number of ketones is 1. The number of phenols is 1. The Balaban J connectivity index is 1.19. The van der Waals surface area contributed by atoms with Crippen molar-refractivity contribution in [3.8, 4) is 5.75 Å². The summed E-state index contributed by atoms with van der Waals surface area (Å²) in [5.41, 5.74) is 2.49. The second kappa shape index (κ2) is 13.2. The van der Waals surface area contributed by atoms with E-state index in [4.69, 9.17) is 0 Å². The minimum atomic E-state index is -5.55. The molecule has 42 heavy (non-hydrogen) atoms. The molecule has 0 bridgehead atoms. The van der Waals surface area contributed by atoms with Gasteiger partial charge in [-0.3, -0.25) is 9.00 Å². The summed E-state index contributed by atoms with van der Waals surface area (Å²) in [7, 11) is -1.36. The molecule has 2 fully saturated rings. The third kappa shape index (κ3) is 6.91. The highest BCUT2D eigenvalue weighted by atomic mass is 32.2. The second-order valence-electron chi connectivity index (χ2n) is 13.6. The maximum Gasteiger partial charge on any atom is 0.453 e. The van der Waals surface area contributed by atoms with E-state index < -0.39 is 35.7 Å². The zero-order valence-corrected chi connectivity index (χ0v) is 25.9. The summed E-state index contributed by atoms with van der Waals surface area (Å²) >= 11 is 0. The van der Waals surface area contributed by atoms with Crippen LogP contribution in [0.1, 0.15) is 121 Å². The number of halogens is 5. The van der Waals surface area contributed by atoms with Crippen LogP contribution in [0.4, 0.5) is 22.0 Å². The monoisotopic (exact) mass is 618 g/mol. The molecule has 1 N–H and O–H groups in total. The van der Waals surface area contributed by atoms with Crippen molar-refractivity contribution in [3.05, 3.63) is 29.3 Å². The van der Waals surface area contributed by atoms with E-state index in [1.807, 2.05) is 12.1 Å². The summed E-state index contributed by atoms with van der Waals surface area (Å²) in [5.74, 6) is -2.44. The predicted molar refractivity (Wildman–Crippen MR) is 156 cm³/mol. The van der Waals surface area contributed by atoms with Crippen LogP contribution in [0.2, 0.25) is 0 Å². The molecule has 1 aromatic rings. The van der Waals surface area contributed by atoms with Gasteiger partial charge in [0.2, 0.25) is 0 Å². The molecule has 9 heteroatoms. The Morgan fingerprint density at radius 2 is 1.57 bits per heavy atom. The fourth-order valence-corrected chi connectivity index (χ4v) is 9.88. The molecule has 3 unspecified atom stereocenters. The number of carbonyl (C=O) groups excluding carboxylic acids is 1. The Hall–Kier alpha value is -1.51. The fraction of sp³-hybridized carbons (Fsp3) is 0.788. The molecule has 4 rings (SSSR count). The molecule has 0 heterocycles. The van der Waals surface area contributed by atoms with Gasteiger partial charge in [-0.2, -0.15) is 22.0 Å². The quantitative estimate of drug-likeness (QED) is 0.167. The van der Waals surface area contributed by atoms with Crippen molar-refractivity contribution in [1.29, 1.82) is 0 Å². The Bertz CT molecular complexity index is 1120. The molecule has 3 aliphatic rings. The summed E-state index contributed by atoms with van der Waals surface area (Å²) in [4.78, 5) is 13.0. The molecular weight excluding hydrogens is 571 g/mol. The van der Waals surface area contributed by atoms with Gasteiger partial charge in [-0.15, -0.1) is 0 Å². The minimum Gasteiger partial charge on any atom is -0.508 e. The van der Waals surface area contributed by atoms with E-state index >= 15 is 0 Å². The molecule has 0 amide bonds. The average molecular weight is 619 g/mol. The number of alkyl halides is 5. The van der Waals surface area contributed by atoms with Crippen LogP contribution in [0, 0.1) is 22.7 Å². The highest BCUT2D eigenvalue weighted by Crippen LogP contribution is 2.68. The van der Waals surface area contributed by atoms with Crippen LogP contribution in [-0.2, 0) is 22.0 Å². The van der Waals surface area contributed by atoms with Gasteiger partial charge in [-0.05, 0) is 91.4 Å². The molecule has 3 nitrogen and oxygen atoms in total. The lowest BCUT2D eigenvalue weighted by Gasteiger charge is -2.59. The van der Waals surface area contributed by atoms with E-state index in [1.54, 1.807) is 0 Å². The summed E-state index contributed by atoms with van der Waals surface area (Å²) in [5, 5.41) is 10.2. The smallest absolute Gasteiger partial charge is 0.453 e. The van der Waals surface area contributed by atoms with Crippen molar-refractivity contribution in [1.82, 2.24) is 0 Å². The van der Waals surface area contributed by atoms with Crippen molar-refractivity contribution < 1.29 is 36.1 Å². The number of fused-ring (bicyclic) bond motifs is 5. The lowest BCUT2D eigenvalue weighted by molar-refractivity contribution is -0.284. The Kier molecular flexibility index (Phi) is 10.5. The normalized spacial score (nSPS) is 30.1. The fourth-order valence-electron chi connectivity index (χ4n) is 8.69. The van der Waals surface area contributed by atoms with Gasteiger partial charge in [0, 0.05) is 40.6 Å². The number of rotatable bonds is 14. The zero-order chi connectivity index (χ0) is 30.8. The van der Waals surface area contributed by atoms with E-state index in [9.17, 15) is 36.1 Å². The SMILES string of the molecule is CC12CC[C@@H]3c4ccc(O)cc4C[C@@H](CCCCCCCCCS(=O)CCCC(F)(F)C(F)(F)F)C3(C)[C@@H]1CCC2=O. The Morgan fingerprint density at radius 3 is 2.26 bits per heavy atom. The third-order valence-corrected chi connectivity index (χ3v) is 12.6. The molecule has 2 saturated carbocycles. The lowest BCUT2D eigenvalue weighted by atomic mass is 9.44. The first kappa shape index (κ1) is 33.4. The van der Waals surface area contributed by atoms with Gasteiger partial charge < -0.3 is 5.11 Å². The molecular formula is C33H47F5O3S. The topological polar surface area (TPSA) is 54.4 Å². The minimum absolute atomic E-state index is 0.0709. The van der Waals surface area contributed by atoms with E-state index in [1.165, 1.54) is 11.1 Å². The molecule has 1 aromatic carbocycles. The van der Waals surface area contributed by atoms with Gasteiger partial charge in [-0.1, -0.05) is 58.4 Å². The largest absolute Gasteiger partial charge is 0.508 e. The predicted octanol–water partition coefficient (Wildman–Crippen LogP) is 9.28. The zero-order valence-electron chi connectivity index (χ0n) is 25.0. The number of benzene rings is 1. The van der Waals surface area contributed by atoms with E-state index in [0.29, 0.717) is 47.9 Å². The highest BCUT2D eigenvalue weighted by molar-refractivity contribution is 7.84. The molecule has 0 saturated heterocycles. The summed E-state index contributed by atoms with van der Waals surface area (Å²) in [6.45, 7) is 4.66. The number of hydrogen-bond acceptors (Lipinski definition) is 3. The lowest BCUT2D eigenvalue weighted by Crippen LogP contribution is -2.53. The average Bonchev–Trinajstić information content (AvgIpc) is 3.22. The number of carbonyl (C=O) groups is 1. The molecule has 6 atom stereocenters. The van der Waals surface area contributed by atoms with E-state index in [2.05, 4.69) is 19.9 Å². The maximum absolute atomic E-state index is 13.0. The molecule has 238 valence electrons. The standard InChI is InChI=1S/C33H47F5O3S/c1-30-18-16-27-26-13-12-25(39)22-23(26)21-24(31(27,2)28(30)14-15-29(30)40)11-8-6-4-3-5-7-9-19-42(41)20-10-17-32(34,35)33(36,37)38/h12-13,22,24,27-28,39H,3-11,14-21H2,1-2H3/t24-,27-,28-,30?,31?,42?/m1/s1. The van der Waals surface area contributed by atoms with Gasteiger partial charge in [-0.25, -0.2) is 0 Å². The second-order valence-corrected chi connectivity index (χ2v) is 15.3. The summed E-state index contributed by atoms with van der Waals surface area (Å²) < 4.78 is 74.6. The molecule has 3 aliphatic carbocycles. The molecule has 0 aliphatic heterocycles. The van der Waals surface area contributed by atoms with Gasteiger partial charge in [0.05, 0.1) is 0 Å². The van der Waals surface area contributed by atoms with Gasteiger partial charge in [0.1, 0.15) is 11.5 Å². The number of unbranched alkanes of at least 4 members (excludes halogenated alkanes) is 6. The molecule has 0 radical (unpaired) electrons. The summed E-state index contributed by atoms with van der Waals surface area (Å²) in [6.07, 6.45) is 5.39. The molecule has 0 spiro atoms. The number of aromatic hydroxyl groups is 1. The first-order valence-corrected chi connectivity index (χ1v) is 17.3. The first-order valence-electron chi connectivity index (χ1n) is 15.8. The van der Waals surface area contributed by atoms with Crippen LogP contribution in [0.15, 0.2) is 18.2 Å². The van der Waals surface area contributed by atoms with Crippen LogP contribution in [0.5, 0.6) is 5.75 Å². The Labute approximate surface area is 249 Å². The van der Waals surface area contributed by atoms with Crippen molar-refractivity contribution in [2.45, 2.75) is 128 Å². The van der Waals surface area contributed by atoms with Crippen molar-refractivity contribution >= 4 is 16.6 Å². The van der Waals surface area contributed by atoms with E-state index in [0.717, 1.165) is 70.6 Å². The van der Waals surface area contributed by atoms with Crippen LogP contribution >= 0.6 is 0 Å². The molecule has 0 aromatic heterocycles. The van der Waals surface area contributed by atoms with E-state index in [-0.39, 0.29) is 16.6 Å². The number of phenolic OH excluding ortho intramolecular Hbond substituents is 1. The van der Waals surface area contributed by atoms with Crippen LogP contribution < -0.4 is 0 Å². The van der Waals surface area contributed by atoms with Crippen molar-refractivity contribution in [3.63, 3.8) is 0 Å². The van der Waals surface area contributed by atoms with Crippen LogP contribution in [0.25, 0.3) is 0 Å². The van der Waals surface area contributed by atoms with Gasteiger partial charge in [0.15, 0.2) is 0 Å². The van der Waals surface area contributed by atoms with Crippen LogP contribution in [-0.4, -0.2) is 38.7 Å². The third-order valence-electron chi connectivity index (χ3n) is 11.1. The number of Topliss-reactive ketones (excluding diaryl/α,β-unsaturated/α-hetero) is 1. The number of hydrogen-bond donors (Lipinski definition) is 1. The first-order chi connectivity index (χ1) is 19.7. The van der Waals surface area contributed by atoms with Gasteiger partial charge in [0.25, 0.3) is 0 Å². The van der Waals surface area contributed by atoms with Crippen LogP contribution in [0.3, 0.4) is 0 Å². The maximum atomic E-state index is 13.0. The van der Waals surface area contributed by atoms with Gasteiger partial charge >= 0.3 is 12.1 Å². The Morgan fingerprint density at radius 1 is 0.929 bits per heavy atom. The highest BCUT2D eigenvalue weighted by Gasteiger charge is 2.62. The van der Waals surface area contributed by atoms with Crippen molar-refractivity contribution in [2.75, 3.05) is 11.5 Å². The summed E-state index contributed by atoms with van der Waals surface area (Å²) in [6, 6.07) is 5.87.